The first kappa shape index (κ1) is 39.8. The summed E-state index contributed by atoms with van der Waals surface area (Å²) in [5.74, 6) is 0.0451. The minimum absolute atomic E-state index is 0.155. The number of unbranched alkanes of at least 4 members (excludes halogenated alkanes) is 8. The molecule has 242 valence electrons. The minimum atomic E-state index is -1.04. The maximum absolute atomic E-state index is 11.9. The summed E-state index contributed by atoms with van der Waals surface area (Å²) in [5.41, 5.74) is 0. The third kappa shape index (κ3) is 29.3. The van der Waals surface area contributed by atoms with Crippen LogP contribution in [0.3, 0.4) is 0 Å². The van der Waals surface area contributed by atoms with Gasteiger partial charge in [0, 0.05) is 12.8 Å². The molecule has 0 aliphatic carbocycles. The van der Waals surface area contributed by atoms with Crippen LogP contribution in [-0.2, 0) is 19.1 Å². The molecule has 0 aromatic rings. The molecule has 0 spiro atoms. The van der Waals surface area contributed by atoms with E-state index in [0.717, 1.165) is 44.4 Å². The standard InChI is InChI=1S/C36H62O6/c1-4-6-7-8-9-10-11-12-13-14-15-19-22-26-33(37)27-24-29-36(40)42-31-34(38)30-41-35(39)28-23-20-17-16-18-21-25-32(3)5-2/h9-10,12-13,15,19,22,26,32-34,37-38H,4-8,11,14,16-18,20-21,23-25,27-31H2,1-3H3/b10-9-,13-12-,19-15-,26-22+/t32?,33-,34+/m1/s1. The molecule has 0 aromatic heterocycles. The zero-order valence-electron chi connectivity index (χ0n) is 27.0. The molecule has 0 rings (SSSR count). The Hall–Kier alpha value is -2.18. The summed E-state index contributed by atoms with van der Waals surface area (Å²) in [7, 11) is 0. The van der Waals surface area contributed by atoms with Gasteiger partial charge in [-0.2, -0.15) is 0 Å². The maximum atomic E-state index is 11.9. The molecular weight excluding hydrogens is 528 g/mol. The summed E-state index contributed by atoms with van der Waals surface area (Å²) in [5, 5.41) is 20.0. The molecule has 42 heavy (non-hydrogen) atoms. The molecule has 0 aliphatic heterocycles. The smallest absolute Gasteiger partial charge is 0.305 e. The van der Waals surface area contributed by atoms with E-state index in [9.17, 15) is 19.8 Å². The normalized spacial score (nSPS) is 14.3. The molecule has 0 radical (unpaired) electrons. The molecule has 0 aliphatic rings. The van der Waals surface area contributed by atoms with Crippen molar-refractivity contribution in [2.24, 2.45) is 5.92 Å². The van der Waals surface area contributed by atoms with Crippen molar-refractivity contribution in [1.29, 1.82) is 0 Å². The molecule has 0 aromatic carbocycles. The number of carbonyl (C=O) groups excluding carboxylic acids is 2. The van der Waals surface area contributed by atoms with Crippen LogP contribution in [0.5, 0.6) is 0 Å². The van der Waals surface area contributed by atoms with Crippen molar-refractivity contribution >= 4 is 11.9 Å². The van der Waals surface area contributed by atoms with Crippen LogP contribution in [0, 0.1) is 5.92 Å². The van der Waals surface area contributed by atoms with Gasteiger partial charge < -0.3 is 19.7 Å². The van der Waals surface area contributed by atoms with Crippen LogP contribution in [-0.4, -0.2) is 47.6 Å². The number of aliphatic hydroxyl groups is 2. The lowest BCUT2D eigenvalue weighted by atomic mass is 10.00. The zero-order chi connectivity index (χ0) is 31.1. The van der Waals surface area contributed by atoms with Gasteiger partial charge >= 0.3 is 11.9 Å². The second kappa shape index (κ2) is 30.3. The molecule has 6 nitrogen and oxygen atoms in total. The van der Waals surface area contributed by atoms with Crippen molar-refractivity contribution in [2.75, 3.05) is 13.2 Å². The van der Waals surface area contributed by atoms with Gasteiger partial charge in [0.15, 0.2) is 0 Å². The number of ether oxygens (including phenoxy) is 2. The second-order valence-corrected chi connectivity index (χ2v) is 11.4. The zero-order valence-corrected chi connectivity index (χ0v) is 27.0. The van der Waals surface area contributed by atoms with Crippen molar-refractivity contribution in [3.05, 3.63) is 48.6 Å². The van der Waals surface area contributed by atoms with E-state index < -0.39 is 18.2 Å². The van der Waals surface area contributed by atoms with E-state index in [1.54, 1.807) is 6.08 Å². The lowest BCUT2D eigenvalue weighted by Gasteiger charge is -2.12. The average Bonchev–Trinajstić information content (AvgIpc) is 2.98. The molecular formula is C36H62O6. The maximum Gasteiger partial charge on any atom is 0.305 e. The molecule has 0 bridgehead atoms. The highest BCUT2D eigenvalue weighted by Crippen LogP contribution is 2.14. The van der Waals surface area contributed by atoms with Crippen LogP contribution in [0.25, 0.3) is 0 Å². The van der Waals surface area contributed by atoms with Crippen LogP contribution in [0.2, 0.25) is 0 Å². The molecule has 2 N–H and O–H groups in total. The molecule has 3 atom stereocenters. The first-order valence-electron chi connectivity index (χ1n) is 16.7. The van der Waals surface area contributed by atoms with Crippen LogP contribution >= 0.6 is 0 Å². The number of allylic oxidation sites excluding steroid dienone is 7. The topological polar surface area (TPSA) is 93.1 Å². The van der Waals surface area contributed by atoms with Crippen LogP contribution in [0.15, 0.2) is 48.6 Å². The van der Waals surface area contributed by atoms with Gasteiger partial charge in [-0.25, -0.2) is 0 Å². The van der Waals surface area contributed by atoms with E-state index in [-0.39, 0.29) is 25.6 Å². The van der Waals surface area contributed by atoms with Gasteiger partial charge in [-0.1, -0.05) is 127 Å². The Morgan fingerprint density at radius 1 is 0.667 bits per heavy atom. The molecule has 6 heteroatoms. The predicted octanol–water partition coefficient (Wildman–Crippen LogP) is 8.72. The first-order valence-corrected chi connectivity index (χ1v) is 16.7. The average molecular weight is 591 g/mol. The fourth-order valence-electron chi connectivity index (χ4n) is 4.22. The van der Waals surface area contributed by atoms with Gasteiger partial charge in [0.2, 0.25) is 0 Å². The third-order valence-electron chi connectivity index (χ3n) is 7.21. The molecule has 0 saturated heterocycles. The van der Waals surface area contributed by atoms with Gasteiger partial charge in [-0.15, -0.1) is 0 Å². The van der Waals surface area contributed by atoms with E-state index in [1.165, 1.54) is 51.4 Å². The van der Waals surface area contributed by atoms with Gasteiger partial charge in [0.1, 0.15) is 19.3 Å². The van der Waals surface area contributed by atoms with Crippen LogP contribution < -0.4 is 0 Å². The summed E-state index contributed by atoms with van der Waals surface area (Å²) in [6.45, 7) is 6.37. The number of esters is 2. The van der Waals surface area contributed by atoms with Crippen molar-refractivity contribution < 1.29 is 29.3 Å². The van der Waals surface area contributed by atoms with Crippen molar-refractivity contribution in [2.45, 2.75) is 149 Å². The Bertz CT molecular complexity index is 754. The highest BCUT2D eigenvalue weighted by atomic mass is 16.6. The van der Waals surface area contributed by atoms with Crippen molar-refractivity contribution in [1.82, 2.24) is 0 Å². The first-order chi connectivity index (χ1) is 20.4. The summed E-state index contributed by atoms with van der Waals surface area (Å²) < 4.78 is 10.2. The summed E-state index contributed by atoms with van der Waals surface area (Å²) in [6, 6.07) is 0. The Kier molecular flexibility index (Phi) is 28.7. The van der Waals surface area contributed by atoms with E-state index in [0.29, 0.717) is 19.3 Å². The Labute approximate surface area is 257 Å². The lowest BCUT2D eigenvalue weighted by molar-refractivity contribution is -0.152. The summed E-state index contributed by atoms with van der Waals surface area (Å²) in [6.07, 6.45) is 32.0. The third-order valence-corrected chi connectivity index (χ3v) is 7.21. The van der Waals surface area contributed by atoms with Crippen LogP contribution in [0.1, 0.15) is 136 Å². The van der Waals surface area contributed by atoms with Gasteiger partial charge in [-0.3, -0.25) is 9.59 Å². The van der Waals surface area contributed by atoms with Crippen molar-refractivity contribution in [3.8, 4) is 0 Å². The molecule has 0 fully saturated rings. The SMILES string of the molecule is CCCCC/C=C\C/C=C\C/C=C\C=C\[C@@H](O)CCCC(=O)OC[C@@H](O)COC(=O)CCCCCCCCC(C)CC. The van der Waals surface area contributed by atoms with E-state index >= 15 is 0 Å². The molecule has 1 unspecified atom stereocenters. The summed E-state index contributed by atoms with van der Waals surface area (Å²) in [4.78, 5) is 23.8. The predicted molar refractivity (Wildman–Crippen MR) is 174 cm³/mol. The lowest BCUT2D eigenvalue weighted by Crippen LogP contribution is -2.25. The highest BCUT2D eigenvalue weighted by molar-refractivity contribution is 5.69. The molecule has 0 amide bonds. The number of rotatable bonds is 28. The number of hydrogen-bond donors (Lipinski definition) is 2. The summed E-state index contributed by atoms with van der Waals surface area (Å²) >= 11 is 0. The second-order valence-electron chi connectivity index (χ2n) is 11.4. The van der Waals surface area contributed by atoms with Gasteiger partial charge in [0.25, 0.3) is 0 Å². The van der Waals surface area contributed by atoms with Crippen molar-refractivity contribution in [3.63, 3.8) is 0 Å². The van der Waals surface area contributed by atoms with E-state index in [4.69, 9.17) is 9.47 Å². The molecule has 0 saturated carbocycles. The number of carbonyl (C=O) groups is 2. The fraction of sp³-hybridized carbons (Fsp3) is 0.722. The monoisotopic (exact) mass is 590 g/mol. The van der Waals surface area contributed by atoms with E-state index in [2.05, 4.69) is 45.1 Å². The van der Waals surface area contributed by atoms with E-state index in [1.807, 2.05) is 18.2 Å². The van der Waals surface area contributed by atoms with Gasteiger partial charge in [0.05, 0.1) is 6.10 Å². The largest absolute Gasteiger partial charge is 0.463 e. The van der Waals surface area contributed by atoms with Gasteiger partial charge in [-0.05, 0) is 50.9 Å². The van der Waals surface area contributed by atoms with Crippen LogP contribution in [0.4, 0.5) is 0 Å². The number of hydrogen-bond acceptors (Lipinski definition) is 6. The Morgan fingerprint density at radius 3 is 1.93 bits per heavy atom. The Balaban J connectivity index is 3.72. The fourth-order valence-corrected chi connectivity index (χ4v) is 4.22. The Morgan fingerprint density at radius 2 is 1.26 bits per heavy atom. The minimum Gasteiger partial charge on any atom is -0.463 e. The highest BCUT2D eigenvalue weighted by Gasteiger charge is 2.12. The quantitative estimate of drug-likeness (QED) is 0.0410. The number of aliphatic hydroxyl groups excluding tert-OH is 2. The molecule has 0 heterocycles.